The Morgan fingerprint density at radius 2 is 1.94 bits per heavy atom. The zero-order valence-electron chi connectivity index (χ0n) is 18.4. The van der Waals surface area contributed by atoms with Crippen LogP contribution >= 0.6 is 0 Å². The van der Waals surface area contributed by atoms with Crippen LogP contribution in [0.5, 0.6) is 0 Å². The minimum Gasteiger partial charge on any atom is -0.382 e. The number of pyridine rings is 1. The van der Waals surface area contributed by atoms with Gasteiger partial charge in [-0.15, -0.1) is 0 Å². The van der Waals surface area contributed by atoms with Crippen molar-refractivity contribution in [3.8, 4) is 11.3 Å². The van der Waals surface area contributed by atoms with E-state index in [4.69, 9.17) is 15.5 Å². The number of fused-ring (bicyclic) bond motifs is 1. The molecule has 34 heavy (non-hydrogen) atoms. The van der Waals surface area contributed by atoms with E-state index in [2.05, 4.69) is 20.6 Å². The van der Waals surface area contributed by atoms with Crippen molar-refractivity contribution < 1.29 is 14.3 Å². The summed E-state index contributed by atoms with van der Waals surface area (Å²) in [5.74, 6) is 0.829. The van der Waals surface area contributed by atoms with E-state index in [1.165, 1.54) is 6.08 Å². The Hall–Kier alpha value is -4.57. The Morgan fingerprint density at radius 1 is 1.12 bits per heavy atom. The summed E-state index contributed by atoms with van der Waals surface area (Å²) in [5, 5.41) is 5.55. The molecule has 0 bridgehead atoms. The van der Waals surface area contributed by atoms with Crippen molar-refractivity contribution in [3.63, 3.8) is 0 Å². The van der Waals surface area contributed by atoms with Crippen LogP contribution in [0.3, 0.4) is 0 Å². The van der Waals surface area contributed by atoms with Gasteiger partial charge in [-0.05, 0) is 24.3 Å². The third-order valence-electron chi connectivity index (χ3n) is 4.94. The number of nitrogens with zero attached hydrogens (tertiary/aromatic N) is 4. The minimum absolute atomic E-state index is 0.186. The number of rotatable bonds is 8. The molecule has 0 saturated heterocycles. The molecule has 2 amide bonds. The van der Waals surface area contributed by atoms with E-state index in [1.807, 2.05) is 0 Å². The van der Waals surface area contributed by atoms with Crippen LogP contribution in [0.2, 0.25) is 0 Å². The van der Waals surface area contributed by atoms with E-state index in [-0.39, 0.29) is 18.4 Å². The Morgan fingerprint density at radius 3 is 2.68 bits per heavy atom. The summed E-state index contributed by atoms with van der Waals surface area (Å²) in [6, 6.07) is 12.3. The maximum absolute atomic E-state index is 12.5. The lowest BCUT2D eigenvalue weighted by atomic mass is 10.1. The first-order valence-corrected chi connectivity index (χ1v) is 10.4. The molecule has 10 heteroatoms. The van der Waals surface area contributed by atoms with Crippen molar-refractivity contribution in [2.45, 2.75) is 6.54 Å². The van der Waals surface area contributed by atoms with Crippen LogP contribution in [0.1, 0.15) is 16.2 Å². The highest BCUT2D eigenvalue weighted by Gasteiger charge is 2.17. The molecular formula is C24H23N7O3. The maximum atomic E-state index is 12.5. The number of nitrogens with two attached hydrogens (primary N) is 1. The first kappa shape index (κ1) is 22.6. The molecule has 0 aliphatic heterocycles. The van der Waals surface area contributed by atoms with Gasteiger partial charge in [0, 0.05) is 42.9 Å². The van der Waals surface area contributed by atoms with Crippen molar-refractivity contribution in [1.29, 1.82) is 0 Å². The fourth-order valence-corrected chi connectivity index (χ4v) is 3.33. The average Bonchev–Trinajstić information content (AvgIpc) is 3.23. The second kappa shape index (κ2) is 10.4. The second-order valence-electron chi connectivity index (χ2n) is 7.23. The summed E-state index contributed by atoms with van der Waals surface area (Å²) in [6.07, 6.45) is 7.95. The van der Waals surface area contributed by atoms with Crippen LogP contribution in [0.4, 0.5) is 11.6 Å². The van der Waals surface area contributed by atoms with Gasteiger partial charge in [0.2, 0.25) is 5.91 Å². The number of hydrogen-bond donors (Lipinski definition) is 3. The van der Waals surface area contributed by atoms with Gasteiger partial charge in [-0.25, -0.2) is 15.0 Å². The summed E-state index contributed by atoms with van der Waals surface area (Å²) in [5.41, 5.74) is 8.60. The lowest BCUT2D eigenvalue weighted by Gasteiger charge is -2.05. The number of nitrogens with one attached hydrogen (secondary N) is 2. The lowest BCUT2D eigenvalue weighted by molar-refractivity contribution is -0.116. The molecule has 0 saturated carbocycles. The summed E-state index contributed by atoms with van der Waals surface area (Å²) in [7, 11) is 1.55. The standard InChI is InChI=1S/C24H23N7O3/c1-34-14-4-6-20(32)28-15-19-30-21(22-23(25)27-12-13-31(19)22)16-7-9-17(10-8-16)24(33)29-18-5-2-3-11-26-18/h2-13H,14-15H2,1H3,(H2,25,27)(H,28,32)(H,26,29,33). The molecule has 4 rings (SSSR count). The van der Waals surface area contributed by atoms with E-state index >= 15 is 0 Å². The molecule has 10 nitrogen and oxygen atoms in total. The van der Waals surface area contributed by atoms with E-state index in [0.29, 0.717) is 40.8 Å². The number of carbonyl (C=O) groups excluding carboxylic acids is 2. The molecule has 1 aromatic carbocycles. The van der Waals surface area contributed by atoms with E-state index in [1.54, 1.807) is 78.6 Å². The van der Waals surface area contributed by atoms with Crippen LogP contribution in [0.15, 0.2) is 73.2 Å². The van der Waals surface area contributed by atoms with Gasteiger partial charge in [-0.2, -0.15) is 0 Å². The molecule has 172 valence electrons. The number of nitrogen functional groups attached to an aromatic ring is 1. The highest BCUT2D eigenvalue weighted by Crippen LogP contribution is 2.28. The molecule has 0 aliphatic carbocycles. The van der Waals surface area contributed by atoms with Gasteiger partial charge in [0.05, 0.1) is 13.2 Å². The predicted molar refractivity (Wildman–Crippen MR) is 128 cm³/mol. The smallest absolute Gasteiger partial charge is 0.256 e. The first-order chi connectivity index (χ1) is 16.6. The number of hydrogen-bond acceptors (Lipinski definition) is 7. The number of imidazole rings is 1. The number of aromatic nitrogens is 4. The van der Waals surface area contributed by atoms with Crippen molar-refractivity contribution in [1.82, 2.24) is 24.7 Å². The van der Waals surface area contributed by atoms with Gasteiger partial charge in [0.15, 0.2) is 0 Å². The van der Waals surface area contributed by atoms with Crippen molar-refractivity contribution in [2.75, 3.05) is 24.8 Å². The number of anilines is 2. The topological polar surface area (TPSA) is 137 Å². The molecule has 3 aromatic heterocycles. The number of amides is 2. The molecule has 0 radical (unpaired) electrons. The van der Waals surface area contributed by atoms with Crippen molar-refractivity contribution in [2.24, 2.45) is 0 Å². The van der Waals surface area contributed by atoms with Crippen LogP contribution in [0.25, 0.3) is 16.8 Å². The largest absolute Gasteiger partial charge is 0.382 e. The van der Waals surface area contributed by atoms with Gasteiger partial charge in [0.25, 0.3) is 5.91 Å². The SMILES string of the molecule is COCC=CC(=O)NCc1nc(-c2ccc(C(=O)Nc3ccccn3)cc2)c2c(N)nccn12. The predicted octanol–water partition coefficient (Wildman–Crippen LogP) is 2.44. The Bertz CT molecular complexity index is 1330. The third-order valence-corrected chi connectivity index (χ3v) is 4.94. The highest BCUT2D eigenvalue weighted by molar-refractivity contribution is 6.04. The zero-order chi connectivity index (χ0) is 23.9. The summed E-state index contributed by atoms with van der Waals surface area (Å²) in [4.78, 5) is 37.5. The molecule has 0 aliphatic rings. The maximum Gasteiger partial charge on any atom is 0.256 e. The Labute approximate surface area is 195 Å². The van der Waals surface area contributed by atoms with Gasteiger partial charge in [0.1, 0.15) is 28.7 Å². The molecule has 0 unspecified atom stereocenters. The van der Waals surface area contributed by atoms with Crippen LogP contribution in [-0.4, -0.2) is 44.9 Å². The summed E-state index contributed by atoms with van der Waals surface area (Å²) in [6.45, 7) is 0.535. The Kier molecular flexibility index (Phi) is 6.89. The third kappa shape index (κ3) is 5.08. The lowest BCUT2D eigenvalue weighted by Crippen LogP contribution is -2.21. The monoisotopic (exact) mass is 457 g/mol. The molecule has 0 spiro atoms. The fraction of sp³-hybridized carbons (Fsp3) is 0.125. The molecule has 0 atom stereocenters. The number of methoxy groups -OCH3 is 1. The highest BCUT2D eigenvalue weighted by atomic mass is 16.5. The van der Waals surface area contributed by atoms with Crippen LogP contribution < -0.4 is 16.4 Å². The van der Waals surface area contributed by atoms with Gasteiger partial charge in [-0.3, -0.25) is 14.0 Å². The van der Waals surface area contributed by atoms with Gasteiger partial charge in [-0.1, -0.05) is 24.3 Å². The number of ether oxygens (including phenoxy) is 1. The van der Waals surface area contributed by atoms with E-state index in [9.17, 15) is 9.59 Å². The molecule has 0 fully saturated rings. The number of benzene rings is 1. The molecular weight excluding hydrogens is 434 g/mol. The van der Waals surface area contributed by atoms with Gasteiger partial charge < -0.3 is 21.1 Å². The Balaban J connectivity index is 1.57. The van der Waals surface area contributed by atoms with Gasteiger partial charge >= 0.3 is 0 Å². The summed E-state index contributed by atoms with van der Waals surface area (Å²) < 4.78 is 6.69. The summed E-state index contributed by atoms with van der Waals surface area (Å²) >= 11 is 0. The molecule has 4 N–H and O–H groups in total. The van der Waals surface area contributed by atoms with Crippen molar-refractivity contribution >= 4 is 29.0 Å². The fourth-order valence-electron chi connectivity index (χ4n) is 3.33. The normalized spacial score (nSPS) is 11.1. The number of carbonyl (C=O) groups is 2. The van der Waals surface area contributed by atoms with Crippen LogP contribution in [-0.2, 0) is 16.1 Å². The molecule has 3 heterocycles. The average molecular weight is 457 g/mol. The minimum atomic E-state index is -0.272. The first-order valence-electron chi connectivity index (χ1n) is 10.4. The zero-order valence-corrected chi connectivity index (χ0v) is 18.4. The molecule has 4 aromatic rings. The second-order valence-corrected chi connectivity index (χ2v) is 7.23. The van der Waals surface area contributed by atoms with E-state index in [0.717, 1.165) is 5.56 Å². The van der Waals surface area contributed by atoms with Crippen LogP contribution in [0, 0.1) is 0 Å². The van der Waals surface area contributed by atoms with Crippen molar-refractivity contribution in [3.05, 3.63) is 84.6 Å². The quantitative estimate of drug-likeness (QED) is 0.346. The van der Waals surface area contributed by atoms with E-state index < -0.39 is 0 Å².